The molecule has 4 nitrogen and oxygen atoms in total. The molecule has 0 saturated heterocycles. The van der Waals surface area contributed by atoms with Gasteiger partial charge in [-0.1, -0.05) is 145 Å². The normalized spacial score (nSPS) is 19.3. The fraction of sp³-hybridized carbons (Fsp3) is 0.446. The van der Waals surface area contributed by atoms with Crippen molar-refractivity contribution in [2.24, 2.45) is 11.8 Å². The molecule has 63 heavy (non-hydrogen) atoms. The van der Waals surface area contributed by atoms with Gasteiger partial charge in [-0.05, 0) is 127 Å². The third-order valence-electron chi connectivity index (χ3n) is 14.7. The molecular formula is C56H64F2N4S. The van der Waals surface area contributed by atoms with Crippen molar-refractivity contribution in [3.05, 3.63) is 114 Å². The van der Waals surface area contributed by atoms with E-state index in [-0.39, 0.29) is 11.6 Å². The quantitative estimate of drug-likeness (QED) is 0.0985. The molecule has 0 amide bonds. The van der Waals surface area contributed by atoms with Gasteiger partial charge in [0.25, 0.3) is 0 Å². The van der Waals surface area contributed by atoms with Gasteiger partial charge in [-0.15, -0.1) is 0 Å². The Hall–Kier alpha value is -4.75. The van der Waals surface area contributed by atoms with E-state index in [1.807, 2.05) is 36.4 Å². The molecule has 328 valence electrons. The third kappa shape index (κ3) is 9.41. The van der Waals surface area contributed by atoms with Crippen molar-refractivity contribution in [2.75, 3.05) is 0 Å². The number of hydrogen-bond acceptors (Lipinski definition) is 4. The summed E-state index contributed by atoms with van der Waals surface area (Å²) in [5, 5.41) is 0. The van der Waals surface area contributed by atoms with Gasteiger partial charge in [0, 0.05) is 28.7 Å². The molecular weight excluding hydrogens is 799 g/mol. The van der Waals surface area contributed by atoms with E-state index in [1.54, 1.807) is 12.1 Å². The second-order valence-corrected chi connectivity index (χ2v) is 19.5. The van der Waals surface area contributed by atoms with Crippen molar-refractivity contribution >= 4 is 33.8 Å². The number of nitrogens with zero attached hydrogens (tertiary/aromatic N) is 3. The Labute approximate surface area is 377 Å². The Bertz CT molecular complexity index is 2430. The molecule has 0 atom stereocenters. The number of unbranched alkanes of at least 4 members (excludes halogenated alkanes) is 4. The number of aromatic nitrogens is 4. The fourth-order valence-corrected chi connectivity index (χ4v) is 11.6. The monoisotopic (exact) mass is 862 g/mol. The van der Waals surface area contributed by atoms with E-state index >= 15 is 8.78 Å². The van der Waals surface area contributed by atoms with Crippen molar-refractivity contribution < 1.29 is 8.78 Å². The van der Waals surface area contributed by atoms with E-state index in [0.29, 0.717) is 23.0 Å². The van der Waals surface area contributed by atoms with Crippen LogP contribution in [0.3, 0.4) is 0 Å². The summed E-state index contributed by atoms with van der Waals surface area (Å²) in [6.07, 6.45) is 22.0. The number of rotatable bonds is 16. The molecule has 9 rings (SSSR count). The van der Waals surface area contributed by atoms with Gasteiger partial charge in [-0.25, -0.2) is 13.8 Å². The first-order chi connectivity index (χ1) is 30.9. The lowest BCUT2D eigenvalue weighted by Crippen LogP contribution is -2.13. The lowest BCUT2D eigenvalue weighted by atomic mass is 9.77. The molecule has 1 N–H and O–H groups in total. The molecule has 2 saturated carbocycles. The summed E-state index contributed by atoms with van der Waals surface area (Å²) < 4.78 is 41.5. The summed E-state index contributed by atoms with van der Waals surface area (Å²) in [4.78, 5) is 8.85. The van der Waals surface area contributed by atoms with Gasteiger partial charge in [0.2, 0.25) is 0 Å². The van der Waals surface area contributed by atoms with E-state index in [0.717, 1.165) is 123 Å². The molecule has 2 aliphatic carbocycles. The second-order valence-electron chi connectivity index (χ2n) is 18.9. The summed E-state index contributed by atoms with van der Waals surface area (Å²) in [6.45, 7) is 6.70. The highest BCUT2D eigenvalue weighted by Gasteiger charge is 2.26. The lowest BCUT2D eigenvalue weighted by Gasteiger charge is -2.29. The largest absolute Gasteiger partial charge is 0.341 e. The highest BCUT2D eigenvalue weighted by atomic mass is 32.1. The number of imidazole rings is 1. The van der Waals surface area contributed by atoms with Gasteiger partial charge < -0.3 is 4.98 Å². The smallest absolute Gasteiger partial charge is 0.131 e. The predicted molar refractivity (Wildman–Crippen MR) is 260 cm³/mol. The molecule has 5 aromatic carbocycles. The average molecular weight is 863 g/mol. The van der Waals surface area contributed by atoms with Crippen LogP contribution in [0.4, 0.5) is 8.78 Å². The first kappa shape index (κ1) is 43.5. The van der Waals surface area contributed by atoms with E-state index in [1.165, 1.54) is 88.8 Å². The maximum Gasteiger partial charge on any atom is 0.131 e. The molecule has 7 aromatic rings. The Morgan fingerprint density at radius 3 is 1.44 bits per heavy atom. The predicted octanol–water partition coefficient (Wildman–Crippen LogP) is 17.2. The van der Waals surface area contributed by atoms with Crippen LogP contribution in [0, 0.1) is 23.5 Å². The van der Waals surface area contributed by atoms with Gasteiger partial charge in [-0.2, -0.15) is 8.75 Å². The fourth-order valence-electron chi connectivity index (χ4n) is 11.0. The standard InChI is InChI=1S/C56H64F2N4S/c1-4-7-9-12-36-14-18-38(19-15-36)44-30-32-46(48(57)34-44)40-22-26-42(27-23-40)51-53-54(60-50(59-53)11-6-3)52(56-55(51)61-63-62-56)43-28-24-41(25-29-43)47-33-31-45(35-49(47)58)39-20-16-37(17-21-39)13-10-8-5-2/h22-39H,4-21H2,1-3H3,(H,59,60). The Kier molecular flexibility index (Phi) is 13.8. The maximum atomic E-state index is 15.9. The van der Waals surface area contributed by atoms with Crippen molar-refractivity contribution in [3.8, 4) is 44.5 Å². The molecule has 0 bridgehead atoms. The number of H-pyrrole nitrogens is 1. The number of aryl methyl sites for hydroxylation is 1. The number of halogens is 2. The minimum Gasteiger partial charge on any atom is -0.341 e. The summed E-state index contributed by atoms with van der Waals surface area (Å²) in [7, 11) is 0. The number of nitrogens with one attached hydrogen (secondary N) is 1. The van der Waals surface area contributed by atoms with Crippen LogP contribution >= 0.6 is 11.7 Å². The Balaban J connectivity index is 0.958. The van der Waals surface area contributed by atoms with E-state index in [2.05, 4.69) is 62.2 Å². The zero-order valence-electron chi connectivity index (χ0n) is 37.6. The van der Waals surface area contributed by atoms with Crippen molar-refractivity contribution in [1.82, 2.24) is 18.7 Å². The van der Waals surface area contributed by atoms with Crippen LogP contribution in [0.25, 0.3) is 66.6 Å². The van der Waals surface area contributed by atoms with Crippen LogP contribution < -0.4 is 0 Å². The van der Waals surface area contributed by atoms with Gasteiger partial charge in [0.05, 0.1) is 22.8 Å². The number of hydrogen-bond donors (Lipinski definition) is 1. The SMILES string of the molecule is CCCCCC1CCC(c2ccc(-c3ccc(-c4c5nsnc5c(-c5ccc(-c6ccc(C7CCC(CCCCC)CC7)cc6F)cc5)c5[nH]c(CCC)nc45)cc3)c(F)c2)CC1. The molecule has 2 fully saturated rings. The molecule has 2 heterocycles. The van der Waals surface area contributed by atoms with Crippen LogP contribution in [0.15, 0.2) is 84.9 Å². The number of benzene rings is 5. The van der Waals surface area contributed by atoms with Gasteiger partial charge >= 0.3 is 0 Å². The molecule has 0 unspecified atom stereocenters. The Morgan fingerprint density at radius 1 is 0.524 bits per heavy atom. The van der Waals surface area contributed by atoms with Gasteiger partial charge in [-0.3, -0.25) is 0 Å². The molecule has 2 aliphatic rings. The minimum absolute atomic E-state index is 0.155. The van der Waals surface area contributed by atoms with Crippen LogP contribution in [0.1, 0.15) is 159 Å². The third-order valence-corrected chi connectivity index (χ3v) is 15.2. The first-order valence-corrected chi connectivity index (χ1v) is 25.1. The van der Waals surface area contributed by atoms with Crippen LogP contribution in [-0.2, 0) is 6.42 Å². The average Bonchev–Trinajstić information content (AvgIpc) is 3.97. The highest BCUT2D eigenvalue weighted by Crippen LogP contribution is 2.44. The molecule has 2 aromatic heterocycles. The summed E-state index contributed by atoms with van der Waals surface area (Å²) in [5.41, 5.74) is 12.4. The topological polar surface area (TPSA) is 54.5 Å². The molecule has 0 spiro atoms. The summed E-state index contributed by atoms with van der Waals surface area (Å²) >= 11 is 1.20. The lowest BCUT2D eigenvalue weighted by molar-refractivity contribution is 0.302. The van der Waals surface area contributed by atoms with Crippen LogP contribution in [-0.4, -0.2) is 18.7 Å². The van der Waals surface area contributed by atoms with Crippen molar-refractivity contribution in [1.29, 1.82) is 0 Å². The van der Waals surface area contributed by atoms with E-state index < -0.39 is 0 Å². The van der Waals surface area contributed by atoms with Gasteiger partial charge in [0.1, 0.15) is 28.5 Å². The zero-order valence-corrected chi connectivity index (χ0v) is 38.4. The molecule has 7 heteroatoms. The minimum atomic E-state index is -0.157. The van der Waals surface area contributed by atoms with Crippen LogP contribution in [0.2, 0.25) is 0 Å². The van der Waals surface area contributed by atoms with E-state index in [4.69, 9.17) is 13.7 Å². The zero-order chi connectivity index (χ0) is 43.3. The second kappa shape index (κ2) is 20.0. The van der Waals surface area contributed by atoms with E-state index in [9.17, 15) is 0 Å². The Morgan fingerprint density at radius 2 is 0.984 bits per heavy atom. The summed E-state index contributed by atoms with van der Waals surface area (Å²) in [5.74, 6) is 3.16. The van der Waals surface area contributed by atoms with Crippen LogP contribution in [0.5, 0.6) is 0 Å². The van der Waals surface area contributed by atoms with Crippen molar-refractivity contribution in [3.63, 3.8) is 0 Å². The first-order valence-electron chi connectivity index (χ1n) is 24.4. The van der Waals surface area contributed by atoms with Gasteiger partial charge in [0.15, 0.2) is 0 Å². The molecule has 0 radical (unpaired) electrons. The highest BCUT2D eigenvalue weighted by molar-refractivity contribution is 7.00. The van der Waals surface area contributed by atoms with Crippen molar-refractivity contribution in [2.45, 2.75) is 148 Å². The number of aromatic amines is 1. The number of fused-ring (bicyclic) bond motifs is 2. The maximum absolute atomic E-state index is 15.9. The molecule has 0 aliphatic heterocycles. The summed E-state index contributed by atoms with van der Waals surface area (Å²) in [6, 6.07) is 28.2.